The Balaban J connectivity index is 1.66. The number of hydrogen-bond acceptors (Lipinski definition) is 5. The highest BCUT2D eigenvalue weighted by Crippen LogP contribution is 2.67. The first kappa shape index (κ1) is 19.9. The number of carbonyl (C=O) groups excluding carboxylic acids is 1. The van der Waals surface area contributed by atoms with Gasteiger partial charge in [0.1, 0.15) is 6.10 Å². The number of carbonyl (C=O) groups is 1. The van der Waals surface area contributed by atoms with Gasteiger partial charge in [0, 0.05) is 18.8 Å². The minimum atomic E-state index is -1.47. The number of esters is 1. The van der Waals surface area contributed by atoms with Gasteiger partial charge in [-0.25, -0.2) is 0 Å². The molecular weight excluding hydrogens is 356 g/mol. The second-order valence-corrected chi connectivity index (χ2v) is 10.0. The number of hydrogen-bond donors (Lipinski definition) is 3. The molecule has 154 valence electrons. The quantitative estimate of drug-likeness (QED) is 0.364. The van der Waals surface area contributed by atoms with E-state index in [0.29, 0.717) is 31.1 Å². The van der Waals surface area contributed by atoms with Crippen LogP contribution in [0.15, 0.2) is 11.6 Å². The summed E-state index contributed by atoms with van der Waals surface area (Å²) in [5, 5.41) is 32.4. The zero-order valence-electron chi connectivity index (χ0n) is 17.0. The molecule has 0 aromatic heterocycles. The summed E-state index contributed by atoms with van der Waals surface area (Å²) in [6, 6.07) is 0. The van der Waals surface area contributed by atoms with Crippen molar-refractivity contribution in [3.8, 4) is 12.3 Å². The summed E-state index contributed by atoms with van der Waals surface area (Å²) in [4.78, 5) is 11.4. The van der Waals surface area contributed by atoms with Gasteiger partial charge in [-0.1, -0.05) is 31.4 Å². The Morgan fingerprint density at radius 3 is 2.68 bits per heavy atom. The maximum Gasteiger partial charge on any atom is 0.303 e. The average molecular weight is 389 g/mol. The molecule has 5 nitrogen and oxygen atoms in total. The molecule has 0 heterocycles. The number of fused-ring (bicyclic) bond motifs is 5. The first-order valence-corrected chi connectivity index (χ1v) is 10.5. The molecule has 5 heteroatoms. The minimum absolute atomic E-state index is 0.151. The number of rotatable bonds is 1. The summed E-state index contributed by atoms with van der Waals surface area (Å²) in [6.45, 7) is 5.65. The Bertz CT molecular complexity index is 753. The molecule has 0 spiro atoms. The molecule has 3 saturated carbocycles. The molecule has 0 aromatic rings. The van der Waals surface area contributed by atoms with E-state index < -0.39 is 29.3 Å². The van der Waals surface area contributed by atoms with Crippen LogP contribution in [0.4, 0.5) is 0 Å². The lowest BCUT2D eigenvalue weighted by atomic mass is 9.46. The molecule has 0 radical (unpaired) electrons. The first-order chi connectivity index (χ1) is 13.1. The molecule has 4 aliphatic carbocycles. The fourth-order valence-corrected chi connectivity index (χ4v) is 7.29. The Morgan fingerprint density at radius 2 is 2.04 bits per heavy atom. The Kier molecular flexibility index (Phi) is 4.50. The molecule has 9 atom stereocenters. The molecule has 0 amide bonds. The lowest BCUT2D eigenvalue weighted by Gasteiger charge is -2.58. The van der Waals surface area contributed by atoms with Gasteiger partial charge in [0.25, 0.3) is 0 Å². The molecule has 0 bridgehead atoms. The zero-order valence-corrected chi connectivity index (χ0v) is 17.0. The molecule has 3 fully saturated rings. The maximum absolute atomic E-state index is 11.4. The van der Waals surface area contributed by atoms with Crippen molar-refractivity contribution in [1.29, 1.82) is 0 Å². The van der Waals surface area contributed by atoms with Crippen molar-refractivity contribution in [2.24, 2.45) is 28.6 Å². The van der Waals surface area contributed by atoms with Gasteiger partial charge < -0.3 is 20.1 Å². The van der Waals surface area contributed by atoms with Crippen LogP contribution in [0.3, 0.4) is 0 Å². The molecule has 0 aliphatic heterocycles. The number of ether oxygens (including phenoxy) is 1. The van der Waals surface area contributed by atoms with E-state index in [1.54, 1.807) is 0 Å². The van der Waals surface area contributed by atoms with Crippen molar-refractivity contribution in [3.63, 3.8) is 0 Å². The number of allylic oxidation sites excluding steroid dienone is 1. The van der Waals surface area contributed by atoms with Gasteiger partial charge in [-0.05, 0) is 55.3 Å². The van der Waals surface area contributed by atoms with Gasteiger partial charge in [0.2, 0.25) is 0 Å². The lowest BCUT2D eigenvalue weighted by Crippen LogP contribution is -2.57. The SMILES string of the molecule is C#CC1(O)C(O)C[C@H]2[C@@H]3CC=C4CC(OC(C)=O)C(O)C[C@]4(C)[C@@H]3CC[C@@]21C. The largest absolute Gasteiger partial charge is 0.459 e. The Hall–Kier alpha value is -1.35. The molecule has 0 saturated heterocycles. The van der Waals surface area contributed by atoms with Crippen LogP contribution in [0.2, 0.25) is 0 Å². The Labute approximate surface area is 167 Å². The lowest BCUT2D eigenvalue weighted by molar-refractivity contribution is -0.159. The third kappa shape index (κ3) is 2.47. The molecular formula is C23H32O5. The third-order valence-corrected chi connectivity index (χ3v) is 8.87. The smallest absolute Gasteiger partial charge is 0.303 e. The molecule has 4 unspecified atom stereocenters. The summed E-state index contributed by atoms with van der Waals surface area (Å²) in [5.41, 5.74) is -0.834. The van der Waals surface area contributed by atoms with E-state index in [-0.39, 0.29) is 17.3 Å². The highest BCUT2D eigenvalue weighted by Gasteiger charge is 2.67. The van der Waals surface area contributed by atoms with E-state index in [1.807, 2.05) is 6.92 Å². The second-order valence-electron chi connectivity index (χ2n) is 10.0. The summed E-state index contributed by atoms with van der Waals surface area (Å²) in [5.74, 6) is 3.01. The van der Waals surface area contributed by atoms with Crippen LogP contribution in [0.1, 0.15) is 59.3 Å². The summed E-state index contributed by atoms with van der Waals surface area (Å²) in [7, 11) is 0. The van der Waals surface area contributed by atoms with E-state index in [1.165, 1.54) is 12.5 Å². The van der Waals surface area contributed by atoms with Crippen molar-refractivity contribution in [1.82, 2.24) is 0 Å². The molecule has 4 aliphatic rings. The van der Waals surface area contributed by atoms with Crippen LogP contribution in [-0.2, 0) is 9.53 Å². The fraction of sp³-hybridized carbons (Fsp3) is 0.783. The van der Waals surface area contributed by atoms with Crippen LogP contribution in [0.25, 0.3) is 0 Å². The van der Waals surface area contributed by atoms with Gasteiger partial charge in [0.05, 0.1) is 12.2 Å². The normalized spacial score (nSPS) is 52.5. The average Bonchev–Trinajstić information content (AvgIpc) is 2.83. The molecule has 3 N–H and O–H groups in total. The van der Waals surface area contributed by atoms with E-state index in [4.69, 9.17) is 11.2 Å². The number of terminal acetylenes is 1. The summed E-state index contributed by atoms with van der Waals surface area (Å²) < 4.78 is 5.36. The van der Waals surface area contributed by atoms with Gasteiger partial charge in [-0.3, -0.25) is 4.79 Å². The predicted molar refractivity (Wildman–Crippen MR) is 104 cm³/mol. The highest BCUT2D eigenvalue weighted by atomic mass is 16.6. The third-order valence-electron chi connectivity index (χ3n) is 8.87. The van der Waals surface area contributed by atoms with Crippen LogP contribution >= 0.6 is 0 Å². The topological polar surface area (TPSA) is 87.0 Å². The highest BCUT2D eigenvalue weighted by molar-refractivity contribution is 5.66. The van der Waals surface area contributed by atoms with Crippen LogP contribution < -0.4 is 0 Å². The van der Waals surface area contributed by atoms with E-state index in [9.17, 15) is 20.1 Å². The standard InChI is InChI=1S/C23H32O5/c1-5-23(27)20(26)11-17-15-7-6-14-10-19(28-13(2)24)18(25)12-21(14,3)16(15)8-9-22(17,23)4/h1,6,15-20,25-27H,7-12H2,2-4H3/t15-,16-,17+,18?,19?,20?,21+,22+,23?/m1/s1. The number of aliphatic hydroxyl groups is 3. The van der Waals surface area contributed by atoms with Gasteiger partial charge in [-0.15, -0.1) is 6.42 Å². The van der Waals surface area contributed by atoms with Crippen molar-refractivity contribution in [2.45, 2.75) is 83.2 Å². The molecule has 28 heavy (non-hydrogen) atoms. The first-order valence-electron chi connectivity index (χ1n) is 10.5. The van der Waals surface area contributed by atoms with E-state index >= 15 is 0 Å². The van der Waals surface area contributed by atoms with Gasteiger partial charge in [0.15, 0.2) is 5.60 Å². The van der Waals surface area contributed by atoms with Gasteiger partial charge >= 0.3 is 5.97 Å². The van der Waals surface area contributed by atoms with Crippen LogP contribution in [-0.4, -0.2) is 45.2 Å². The van der Waals surface area contributed by atoms with Crippen molar-refractivity contribution >= 4 is 5.97 Å². The van der Waals surface area contributed by atoms with Crippen LogP contribution in [0.5, 0.6) is 0 Å². The fourth-order valence-electron chi connectivity index (χ4n) is 7.29. The predicted octanol–water partition coefficient (Wildman–Crippen LogP) is 2.19. The maximum atomic E-state index is 11.4. The van der Waals surface area contributed by atoms with E-state index in [2.05, 4.69) is 18.9 Å². The minimum Gasteiger partial charge on any atom is -0.459 e. The Morgan fingerprint density at radius 1 is 1.32 bits per heavy atom. The van der Waals surface area contributed by atoms with Crippen molar-refractivity contribution in [3.05, 3.63) is 11.6 Å². The monoisotopic (exact) mass is 388 g/mol. The van der Waals surface area contributed by atoms with Crippen LogP contribution in [0, 0.1) is 40.9 Å². The van der Waals surface area contributed by atoms with E-state index in [0.717, 1.165) is 19.3 Å². The van der Waals surface area contributed by atoms with Gasteiger partial charge in [-0.2, -0.15) is 0 Å². The molecule has 0 aromatic carbocycles. The van der Waals surface area contributed by atoms with Crippen molar-refractivity contribution in [2.75, 3.05) is 0 Å². The summed E-state index contributed by atoms with van der Waals surface area (Å²) >= 11 is 0. The molecule has 4 rings (SSSR count). The summed E-state index contributed by atoms with van der Waals surface area (Å²) in [6.07, 6.45) is 10.1. The van der Waals surface area contributed by atoms with Crippen molar-refractivity contribution < 1.29 is 24.9 Å². The zero-order chi connectivity index (χ0) is 20.5. The second kappa shape index (κ2) is 6.32. The number of aliphatic hydroxyl groups excluding tert-OH is 2.